The summed E-state index contributed by atoms with van der Waals surface area (Å²) >= 11 is 1.38. The van der Waals surface area contributed by atoms with E-state index in [9.17, 15) is 8.78 Å². The van der Waals surface area contributed by atoms with Gasteiger partial charge in [0.1, 0.15) is 0 Å². The first-order valence-electron chi connectivity index (χ1n) is 5.69. The van der Waals surface area contributed by atoms with Gasteiger partial charge < -0.3 is 5.32 Å². The minimum absolute atomic E-state index is 0.0563. The molecule has 0 aliphatic heterocycles. The van der Waals surface area contributed by atoms with Crippen LogP contribution in [0.1, 0.15) is 24.5 Å². The Labute approximate surface area is 109 Å². The third kappa shape index (κ3) is 2.36. The average molecular weight is 268 g/mol. The Balaban J connectivity index is 2.63. The molecular formula is C13H14F2N2S. The molecule has 18 heavy (non-hydrogen) atoms. The van der Waals surface area contributed by atoms with Crippen molar-refractivity contribution in [3.05, 3.63) is 35.0 Å². The number of aromatic nitrogens is 1. The Bertz CT molecular complexity index is 524. The van der Waals surface area contributed by atoms with Crippen LogP contribution in [0.15, 0.2) is 23.8 Å². The van der Waals surface area contributed by atoms with Gasteiger partial charge in [-0.05, 0) is 24.1 Å². The van der Waals surface area contributed by atoms with E-state index in [-0.39, 0.29) is 5.56 Å². The van der Waals surface area contributed by atoms with Crippen molar-refractivity contribution < 1.29 is 8.78 Å². The lowest BCUT2D eigenvalue weighted by molar-refractivity contribution is 0.152. The van der Waals surface area contributed by atoms with Crippen molar-refractivity contribution in [2.45, 2.75) is 19.8 Å². The zero-order chi connectivity index (χ0) is 13.1. The summed E-state index contributed by atoms with van der Waals surface area (Å²) in [5.41, 5.74) is 4.10. The van der Waals surface area contributed by atoms with Gasteiger partial charge in [-0.1, -0.05) is 6.92 Å². The number of alkyl halides is 2. The molecule has 0 aliphatic rings. The van der Waals surface area contributed by atoms with Crippen LogP contribution in [0.25, 0.3) is 10.4 Å². The van der Waals surface area contributed by atoms with Crippen molar-refractivity contribution in [1.29, 1.82) is 0 Å². The van der Waals surface area contributed by atoms with Gasteiger partial charge in [0.2, 0.25) is 0 Å². The number of nitrogens with zero attached hydrogens (tertiary/aromatic N) is 1. The van der Waals surface area contributed by atoms with E-state index in [2.05, 4.69) is 10.3 Å². The molecule has 2 rings (SSSR count). The topological polar surface area (TPSA) is 24.9 Å². The van der Waals surface area contributed by atoms with Gasteiger partial charge in [0, 0.05) is 30.1 Å². The molecule has 2 nitrogen and oxygen atoms in total. The maximum atomic E-state index is 13.1. The summed E-state index contributed by atoms with van der Waals surface area (Å²) in [6, 6.07) is 3.37. The molecule has 0 fully saturated rings. The van der Waals surface area contributed by atoms with E-state index in [4.69, 9.17) is 0 Å². The second kappa shape index (κ2) is 5.44. The Morgan fingerprint density at radius 2 is 2.17 bits per heavy atom. The van der Waals surface area contributed by atoms with Crippen LogP contribution in [0.3, 0.4) is 0 Å². The Hall–Kier alpha value is -1.49. The normalized spacial score (nSPS) is 10.9. The predicted molar refractivity (Wildman–Crippen MR) is 71.4 cm³/mol. The molecule has 0 unspecified atom stereocenters. The lowest BCUT2D eigenvalue weighted by atomic mass is 9.99. The molecule has 1 aromatic heterocycles. The van der Waals surface area contributed by atoms with E-state index in [1.54, 1.807) is 24.8 Å². The number of aryl methyl sites for hydroxylation is 1. The Morgan fingerprint density at radius 1 is 1.39 bits per heavy atom. The van der Waals surface area contributed by atoms with Crippen molar-refractivity contribution >= 4 is 17.0 Å². The van der Waals surface area contributed by atoms with E-state index in [1.807, 2.05) is 13.0 Å². The molecule has 0 aliphatic carbocycles. The molecule has 0 radical (unpaired) electrons. The molecule has 0 atom stereocenters. The second-order valence-corrected chi connectivity index (χ2v) is 4.75. The third-order valence-electron chi connectivity index (χ3n) is 2.86. The summed E-state index contributed by atoms with van der Waals surface area (Å²) in [6.07, 6.45) is -0.0596. The second-order valence-electron chi connectivity index (χ2n) is 3.87. The molecule has 96 valence electrons. The van der Waals surface area contributed by atoms with Gasteiger partial charge in [-0.15, -0.1) is 11.3 Å². The third-order valence-corrected chi connectivity index (χ3v) is 3.66. The molecule has 0 saturated heterocycles. The summed E-state index contributed by atoms with van der Waals surface area (Å²) in [4.78, 5) is 4.74. The van der Waals surface area contributed by atoms with Gasteiger partial charge in [-0.25, -0.2) is 8.78 Å². The lowest BCUT2D eigenvalue weighted by Gasteiger charge is -2.14. The Kier molecular flexibility index (Phi) is 3.91. The number of halogens is 2. The summed E-state index contributed by atoms with van der Waals surface area (Å²) in [5.74, 6) is 0. The number of thiazole rings is 1. The fraction of sp³-hybridized carbons (Fsp3) is 0.308. The smallest absolute Gasteiger partial charge is 0.264 e. The van der Waals surface area contributed by atoms with Gasteiger partial charge in [-0.2, -0.15) is 0 Å². The van der Waals surface area contributed by atoms with Crippen molar-refractivity contribution in [3.63, 3.8) is 0 Å². The quantitative estimate of drug-likeness (QED) is 0.891. The van der Waals surface area contributed by atoms with E-state index in [0.717, 1.165) is 22.5 Å². The average Bonchev–Trinajstić information content (AvgIpc) is 2.90. The van der Waals surface area contributed by atoms with Crippen LogP contribution in [0.5, 0.6) is 0 Å². The van der Waals surface area contributed by atoms with Crippen LogP contribution in [0.4, 0.5) is 14.5 Å². The molecule has 0 saturated carbocycles. The zero-order valence-electron chi connectivity index (χ0n) is 10.2. The molecule has 0 spiro atoms. The highest BCUT2D eigenvalue weighted by Crippen LogP contribution is 2.36. The maximum absolute atomic E-state index is 13.1. The SMILES string of the molecule is CCc1cc(-c2cncs2)c(C(F)F)cc1NC. The number of hydrogen-bond donors (Lipinski definition) is 1. The largest absolute Gasteiger partial charge is 0.388 e. The van der Waals surface area contributed by atoms with Crippen LogP contribution in [0, 0.1) is 0 Å². The van der Waals surface area contributed by atoms with Crippen LogP contribution in [-0.2, 0) is 6.42 Å². The predicted octanol–water partition coefficient (Wildman–Crippen LogP) is 4.35. The van der Waals surface area contributed by atoms with E-state index >= 15 is 0 Å². The van der Waals surface area contributed by atoms with Crippen molar-refractivity contribution in [1.82, 2.24) is 4.98 Å². The molecule has 5 heteroatoms. The van der Waals surface area contributed by atoms with Crippen LogP contribution < -0.4 is 5.32 Å². The molecule has 2 aromatic rings. The maximum Gasteiger partial charge on any atom is 0.264 e. The number of anilines is 1. The molecule has 1 aromatic carbocycles. The minimum Gasteiger partial charge on any atom is -0.388 e. The number of benzene rings is 1. The molecular weight excluding hydrogens is 254 g/mol. The summed E-state index contributed by atoms with van der Waals surface area (Å²) in [7, 11) is 1.75. The van der Waals surface area contributed by atoms with Crippen LogP contribution >= 0.6 is 11.3 Å². The number of rotatable bonds is 4. The fourth-order valence-electron chi connectivity index (χ4n) is 1.93. The fourth-order valence-corrected chi connectivity index (χ4v) is 2.59. The van der Waals surface area contributed by atoms with Crippen molar-refractivity contribution in [3.8, 4) is 10.4 Å². The van der Waals surface area contributed by atoms with E-state index in [1.165, 1.54) is 11.3 Å². The molecule has 0 amide bonds. The van der Waals surface area contributed by atoms with Crippen LogP contribution in [0.2, 0.25) is 0 Å². The van der Waals surface area contributed by atoms with E-state index < -0.39 is 6.43 Å². The highest BCUT2D eigenvalue weighted by molar-refractivity contribution is 7.13. The van der Waals surface area contributed by atoms with Crippen LogP contribution in [-0.4, -0.2) is 12.0 Å². The summed E-state index contributed by atoms with van der Waals surface area (Å²) in [6.45, 7) is 2.01. The first-order valence-corrected chi connectivity index (χ1v) is 6.57. The lowest BCUT2D eigenvalue weighted by Crippen LogP contribution is -1.99. The van der Waals surface area contributed by atoms with Gasteiger partial charge in [0.25, 0.3) is 6.43 Å². The minimum atomic E-state index is -2.49. The van der Waals surface area contributed by atoms with Crippen molar-refractivity contribution in [2.75, 3.05) is 12.4 Å². The zero-order valence-corrected chi connectivity index (χ0v) is 11.0. The number of nitrogens with one attached hydrogen (secondary N) is 1. The first-order chi connectivity index (χ1) is 8.67. The number of hydrogen-bond acceptors (Lipinski definition) is 3. The molecule has 1 N–H and O–H groups in total. The monoisotopic (exact) mass is 268 g/mol. The Morgan fingerprint density at radius 3 is 2.67 bits per heavy atom. The van der Waals surface area contributed by atoms with E-state index in [0.29, 0.717) is 5.56 Å². The molecule has 0 bridgehead atoms. The van der Waals surface area contributed by atoms with Gasteiger partial charge in [0.05, 0.1) is 10.4 Å². The molecule has 1 heterocycles. The highest BCUT2D eigenvalue weighted by Gasteiger charge is 2.18. The van der Waals surface area contributed by atoms with Gasteiger partial charge in [0.15, 0.2) is 0 Å². The summed E-state index contributed by atoms with van der Waals surface area (Å²) < 4.78 is 26.3. The first kappa shape index (κ1) is 13.0. The summed E-state index contributed by atoms with van der Waals surface area (Å²) in [5, 5.41) is 2.97. The standard InChI is InChI=1S/C13H14F2N2S/c1-3-8-4-9(12-6-17-7-18-12)10(13(14)15)5-11(8)16-2/h4-7,13,16H,3H2,1-2H3. The van der Waals surface area contributed by atoms with Gasteiger partial charge in [-0.3, -0.25) is 4.98 Å². The van der Waals surface area contributed by atoms with Crippen molar-refractivity contribution in [2.24, 2.45) is 0 Å². The van der Waals surface area contributed by atoms with Gasteiger partial charge >= 0.3 is 0 Å². The highest BCUT2D eigenvalue weighted by atomic mass is 32.1.